The van der Waals surface area contributed by atoms with Crippen LogP contribution in [0.3, 0.4) is 0 Å². The molecular weight excluding hydrogens is 432 g/mol. The Morgan fingerprint density at radius 3 is 2.44 bits per heavy atom. The maximum atomic E-state index is 12.9. The topological polar surface area (TPSA) is 116 Å². The van der Waals surface area contributed by atoms with Crippen molar-refractivity contribution < 1.29 is 22.8 Å². The van der Waals surface area contributed by atoms with Crippen molar-refractivity contribution in [2.75, 3.05) is 25.0 Å². The van der Waals surface area contributed by atoms with Crippen LogP contribution in [0, 0.1) is 0 Å². The van der Waals surface area contributed by atoms with Crippen molar-refractivity contribution >= 4 is 33.6 Å². The van der Waals surface area contributed by atoms with Crippen molar-refractivity contribution in [3.63, 3.8) is 0 Å². The van der Waals surface area contributed by atoms with Crippen LogP contribution in [0.4, 0.5) is 10.5 Å². The molecule has 0 bridgehead atoms. The zero-order valence-electron chi connectivity index (χ0n) is 17.6. The molecule has 4 rings (SSSR count). The predicted octanol–water partition coefficient (Wildman–Crippen LogP) is 1.88. The van der Waals surface area contributed by atoms with Crippen LogP contribution in [0.15, 0.2) is 59.5 Å². The number of urea groups is 1. The van der Waals surface area contributed by atoms with Gasteiger partial charge in [-0.2, -0.15) is 4.31 Å². The third kappa shape index (κ3) is 3.98. The molecule has 0 spiro atoms. The minimum atomic E-state index is -3.63. The molecule has 2 heterocycles. The van der Waals surface area contributed by atoms with E-state index in [1.54, 1.807) is 49.4 Å². The van der Waals surface area contributed by atoms with Crippen LogP contribution in [-0.2, 0) is 25.2 Å². The number of benzene rings is 2. The Morgan fingerprint density at radius 2 is 1.75 bits per heavy atom. The number of hydrogen-bond acceptors (Lipinski definition) is 5. The number of nitrogens with zero attached hydrogens (tertiary/aromatic N) is 2. The molecule has 2 aliphatic heterocycles. The third-order valence-electron chi connectivity index (χ3n) is 5.75. The van der Waals surface area contributed by atoms with Crippen LogP contribution in [0.1, 0.15) is 25.3 Å². The lowest BCUT2D eigenvalue weighted by atomic mass is 9.92. The van der Waals surface area contributed by atoms with Crippen molar-refractivity contribution in [2.24, 2.45) is 0 Å². The van der Waals surface area contributed by atoms with Gasteiger partial charge >= 0.3 is 6.03 Å². The van der Waals surface area contributed by atoms with Gasteiger partial charge in [-0.25, -0.2) is 13.2 Å². The SMILES string of the molecule is CC1(c2ccccc2)NC(=O)N(CC(=O)Nc2cccc(S(=O)(=O)N3CCCC3)c2)C1=O. The van der Waals surface area contributed by atoms with E-state index >= 15 is 0 Å². The van der Waals surface area contributed by atoms with Gasteiger partial charge in [-0.15, -0.1) is 0 Å². The molecule has 1 unspecified atom stereocenters. The van der Waals surface area contributed by atoms with E-state index in [2.05, 4.69) is 10.6 Å². The van der Waals surface area contributed by atoms with Gasteiger partial charge in [0.1, 0.15) is 12.1 Å². The smallest absolute Gasteiger partial charge is 0.324 e. The molecule has 2 aliphatic rings. The fraction of sp³-hybridized carbons (Fsp3) is 0.318. The maximum absolute atomic E-state index is 12.9. The zero-order valence-corrected chi connectivity index (χ0v) is 18.4. The number of sulfonamides is 1. The molecule has 168 valence electrons. The fourth-order valence-corrected chi connectivity index (χ4v) is 5.53. The second-order valence-corrected chi connectivity index (χ2v) is 9.94. The summed E-state index contributed by atoms with van der Waals surface area (Å²) in [5.74, 6) is -1.14. The number of hydrogen-bond donors (Lipinski definition) is 2. The van der Waals surface area contributed by atoms with Gasteiger partial charge in [-0.1, -0.05) is 36.4 Å². The molecule has 10 heteroatoms. The van der Waals surface area contributed by atoms with Crippen LogP contribution >= 0.6 is 0 Å². The number of nitrogens with one attached hydrogen (secondary N) is 2. The highest BCUT2D eigenvalue weighted by Gasteiger charge is 2.49. The van der Waals surface area contributed by atoms with E-state index in [0.717, 1.165) is 17.7 Å². The molecule has 0 radical (unpaired) electrons. The number of carbonyl (C=O) groups excluding carboxylic acids is 3. The minimum Gasteiger partial charge on any atom is -0.324 e. The first-order valence-electron chi connectivity index (χ1n) is 10.3. The average Bonchev–Trinajstić information content (AvgIpc) is 3.39. The lowest BCUT2D eigenvalue weighted by Crippen LogP contribution is -2.42. The number of rotatable bonds is 6. The molecule has 32 heavy (non-hydrogen) atoms. The summed E-state index contributed by atoms with van der Waals surface area (Å²) in [6, 6.07) is 14.1. The van der Waals surface area contributed by atoms with Gasteiger partial charge in [-0.05, 0) is 43.5 Å². The van der Waals surface area contributed by atoms with Crippen molar-refractivity contribution in [1.82, 2.24) is 14.5 Å². The molecule has 4 amide bonds. The summed E-state index contributed by atoms with van der Waals surface area (Å²) in [5, 5.41) is 5.23. The Kier molecular flexibility index (Phi) is 5.74. The highest BCUT2D eigenvalue weighted by atomic mass is 32.2. The van der Waals surface area contributed by atoms with Crippen molar-refractivity contribution in [3.8, 4) is 0 Å². The summed E-state index contributed by atoms with van der Waals surface area (Å²) >= 11 is 0. The van der Waals surface area contributed by atoms with Gasteiger partial charge in [0.2, 0.25) is 15.9 Å². The van der Waals surface area contributed by atoms with Crippen molar-refractivity contribution in [3.05, 3.63) is 60.2 Å². The standard InChI is InChI=1S/C22H24N4O5S/c1-22(16-8-3-2-4-9-16)20(28)26(21(29)24-22)15-19(27)23-17-10-7-11-18(14-17)32(30,31)25-12-5-6-13-25/h2-4,7-11,14H,5-6,12-13,15H2,1H3,(H,23,27)(H,24,29). The van der Waals surface area contributed by atoms with Gasteiger partial charge in [0.25, 0.3) is 5.91 Å². The second kappa shape index (κ2) is 8.36. The first-order chi connectivity index (χ1) is 15.2. The van der Waals surface area contributed by atoms with Crippen molar-refractivity contribution in [1.29, 1.82) is 0 Å². The van der Waals surface area contributed by atoms with Crippen LogP contribution in [0.25, 0.3) is 0 Å². The Bertz CT molecular complexity index is 1160. The molecule has 2 fully saturated rings. The van der Waals surface area contributed by atoms with Crippen LogP contribution in [0.5, 0.6) is 0 Å². The minimum absolute atomic E-state index is 0.0869. The first-order valence-corrected chi connectivity index (χ1v) is 11.8. The normalized spacial score (nSPS) is 21.6. The zero-order chi connectivity index (χ0) is 22.9. The molecule has 2 N–H and O–H groups in total. The van der Waals surface area contributed by atoms with E-state index in [-0.39, 0.29) is 10.6 Å². The summed E-state index contributed by atoms with van der Waals surface area (Å²) in [4.78, 5) is 38.9. The molecular formula is C22H24N4O5S. The highest BCUT2D eigenvalue weighted by Crippen LogP contribution is 2.28. The molecule has 2 aromatic carbocycles. The van der Waals surface area contributed by atoms with Gasteiger partial charge in [0.05, 0.1) is 4.90 Å². The van der Waals surface area contributed by atoms with E-state index in [1.807, 2.05) is 0 Å². The van der Waals surface area contributed by atoms with E-state index in [0.29, 0.717) is 18.7 Å². The first kappa shape index (κ1) is 22.0. The van der Waals surface area contributed by atoms with E-state index in [4.69, 9.17) is 0 Å². The molecule has 1 atom stereocenters. The van der Waals surface area contributed by atoms with Gasteiger partial charge in [0, 0.05) is 18.8 Å². The number of anilines is 1. The maximum Gasteiger partial charge on any atom is 0.325 e. The van der Waals surface area contributed by atoms with Crippen molar-refractivity contribution in [2.45, 2.75) is 30.2 Å². The number of imide groups is 1. The molecule has 2 aromatic rings. The number of amides is 4. The Labute approximate surface area is 186 Å². The second-order valence-electron chi connectivity index (χ2n) is 8.00. The molecule has 0 aliphatic carbocycles. The molecule has 0 saturated carbocycles. The predicted molar refractivity (Wildman–Crippen MR) is 117 cm³/mol. The number of carbonyl (C=O) groups is 3. The summed E-state index contributed by atoms with van der Waals surface area (Å²) in [5.41, 5.74) is -0.378. The molecule has 2 saturated heterocycles. The highest BCUT2D eigenvalue weighted by molar-refractivity contribution is 7.89. The summed E-state index contributed by atoms with van der Waals surface area (Å²) in [6.45, 7) is 2.06. The van der Waals surface area contributed by atoms with Gasteiger partial charge in [-0.3, -0.25) is 14.5 Å². The van der Waals surface area contributed by atoms with Crippen LogP contribution in [-0.4, -0.2) is 55.1 Å². The van der Waals surface area contributed by atoms with E-state index in [9.17, 15) is 22.8 Å². The average molecular weight is 457 g/mol. The van der Waals surface area contributed by atoms with Gasteiger partial charge < -0.3 is 10.6 Å². The lowest BCUT2D eigenvalue weighted by Gasteiger charge is -2.22. The van der Waals surface area contributed by atoms with Gasteiger partial charge in [0.15, 0.2) is 0 Å². The van der Waals surface area contributed by atoms with E-state index < -0.39 is 40.0 Å². The fourth-order valence-electron chi connectivity index (χ4n) is 3.96. The monoisotopic (exact) mass is 456 g/mol. The molecule has 0 aromatic heterocycles. The quantitative estimate of drug-likeness (QED) is 0.644. The summed E-state index contributed by atoms with van der Waals surface area (Å²) in [7, 11) is -3.63. The summed E-state index contributed by atoms with van der Waals surface area (Å²) < 4.78 is 26.9. The Morgan fingerprint density at radius 1 is 1.06 bits per heavy atom. The third-order valence-corrected chi connectivity index (χ3v) is 7.64. The summed E-state index contributed by atoms with van der Waals surface area (Å²) in [6.07, 6.45) is 1.65. The van der Waals surface area contributed by atoms with E-state index in [1.165, 1.54) is 16.4 Å². The Balaban J connectivity index is 1.46. The van der Waals surface area contributed by atoms with Crippen LogP contribution < -0.4 is 10.6 Å². The largest absolute Gasteiger partial charge is 0.325 e. The molecule has 9 nitrogen and oxygen atoms in total. The lowest BCUT2D eigenvalue weighted by molar-refractivity contribution is -0.133. The Hall–Kier alpha value is -3.24. The van der Waals surface area contributed by atoms with Crippen LogP contribution in [0.2, 0.25) is 0 Å².